The Morgan fingerprint density at radius 1 is 1.42 bits per heavy atom. The van der Waals surface area contributed by atoms with Gasteiger partial charge in [-0.1, -0.05) is 6.92 Å². The number of rotatable bonds is 7. The molecule has 0 spiro atoms. The van der Waals surface area contributed by atoms with E-state index in [4.69, 9.17) is 10.5 Å². The molecule has 0 saturated carbocycles. The van der Waals surface area contributed by atoms with Crippen LogP contribution < -0.4 is 10.6 Å². The van der Waals surface area contributed by atoms with Crippen molar-refractivity contribution in [2.24, 2.45) is 5.73 Å². The Labute approximate surface area is 112 Å². The molecule has 104 valence electrons. The van der Waals surface area contributed by atoms with Crippen LogP contribution in [0.3, 0.4) is 0 Å². The van der Waals surface area contributed by atoms with Gasteiger partial charge in [-0.2, -0.15) is 0 Å². The Hall–Kier alpha value is -2.11. The predicted molar refractivity (Wildman–Crippen MR) is 71.9 cm³/mol. The second-order valence-corrected chi connectivity index (χ2v) is 3.97. The maximum absolute atomic E-state index is 11.6. The molecule has 19 heavy (non-hydrogen) atoms. The number of primary amides is 1. The molecule has 1 aromatic heterocycles. The predicted octanol–water partition coefficient (Wildman–Crippen LogP) is 0.960. The van der Waals surface area contributed by atoms with Crippen LogP contribution in [-0.4, -0.2) is 36.6 Å². The molecular formula is C13H19N3O3. The quantitative estimate of drug-likeness (QED) is 0.742. The van der Waals surface area contributed by atoms with Crippen molar-refractivity contribution in [1.82, 2.24) is 4.98 Å². The number of amides is 1. The SMILES string of the molecule is CCCN(CC(=O)OCC)c1ncccc1C(N)=O. The monoisotopic (exact) mass is 265 g/mol. The van der Waals surface area contributed by atoms with Crippen molar-refractivity contribution in [3.63, 3.8) is 0 Å². The number of carbonyl (C=O) groups is 2. The highest BCUT2D eigenvalue weighted by molar-refractivity contribution is 5.98. The van der Waals surface area contributed by atoms with E-state index in [9.17, 15) is 9.59 Å². The normalized spacial score (nSPS) is 10.0. The van der Waals surface area contributed by atoms with Gasteiger partial charge in [0, 0.05) is 12.7 Å². The fourth-order valence-corrected chi connectivity index (χ4v) is 1.73. The van der Waals surface area contributed by atoms with Crippen molar-refractivity contribution in [3.8, 4) is 0 Å². The lowest BCUT2D eigenvalue weighted by Gasteiger charge is -2.23. The number of pyridine rings is 1. The van der Waals surface area contributed by atoms with Crippen LogP contribution in [0.25, 0.3) is 0 Å². The van der Waals surface area contributed by atoms with E-state index in [2.05, 4.69) is 4.98 Å². The van der Waals surface area contributed by atoms with Gasteiger partial charge in [0.15, 0.2) is 0 Å². The highest BCUT2D eigenvalue weighted by Gasteiger charge is 2.18. The smallest absolute Gasteiger partial charge is 0.325 e. The number of carbonyl (C=O) groups excluding carboxylic acids is 2. The number of nitrogens with zero attached hydrogens (tertiary/aromatic N) is 2. The van der Waals surface area contributed by atoms with E-state index >= 15 is 0 Å². The van der Waals surface area contributed by atoms with Crippen LogP contribution in [0.2, 0.25) is 0 Å². The summed E-state index contributed by atoms with van der Waals surface area (Å²) < 4.78 is 4.92. The molecule has 1 heterocycles. The molecule has 6 heteroatoms. The molecule has 2 N–H and O–H groups in total. The summed E-state index contributed by atoms with van der Waals surface area (Å²) >= 11 is 0. The lowest BCUT2D eigenvalue weighted by molar-refractivity contribution is -0.141. The van der Waals surface area contributed by atoms with Crippen LogP contribution in [0.15, 0.2) is 18.3 Å². The Balaban J connectivity index is 2.98. The fraction of sp³-hybridized carbons (Fsp3) is 0.462. The zero-order valence-electron chi connectivity index (χ0n) is 11.3. The van der Waals surface area contributed by atoms with Crippen molar-refractivity contribution in [2.75, 3.05) is 24.6 Å². The first-order chi connectivity index (χ1) is 9.10. The van der Waals surface area contributed by atoms with Gasteiger partial charge in [0.2, 0.25) is 0 Å². The summed E-state index contributed by atoms with van der Waals surface area (Å²) in [6, 6.07) is 3.23. The van der Waals surface area contributed by atoms with Gasteiger partial charge in [-0.25, -0.2) is 4.98 Å². The number of anilines is 1. The highest BCUT2D eigenvalue weighted by Crippen LogP contribution is 2.17. The average molecular weight is 265 g/mol. The van der Waals surface area contributed by atoms with Crippen molar-refractivity contribution in [1.29, 1.82) is 0 Å². The van der Waals surface area contributed by atoms with E-state index in [1.807, 2.05) is 6.92 Å². The van der Waals surface area contributed by atoms with Crippen molar-refractivity contribution >= 4 is 17.7 Å². The number of hydrogen-bond donors (Lipinski definition) is 1. The van der Waals surface area contributed by atoms with Crippen LogP contribution in [0.4, 0.5) is 5.82 Å². The second-order valence-electron chi connectivity index (χ2n) is 3.97. The first-order valence-corrected chi connectivity index (χ1v) is 6.25. The summed E-state index contributed by atoms with van der Waals surface area (Å²) in [6.45, 7) is 4.70. The molecule has 0 aliphatic heterocycles. The molecule has 1 amide bonds. The van der Waals surface area contributed by atoms with Gasteiger partial charge in [0.25, 0.3) is 5.91 Å². The van der Waals surface area contributed by atoms with Gasteiger partial charge in [-0.05, 0) is 25.5 Å². The van der Waals surface area contributed by atoms with E-state index < -0.39 is 5.91 Å². The third kappa shape index (κ3) is 4.24. The molecule has 0 bridgehead atoms. The highest BCUT2D eigenvalue weighted by atomic mass is 16.5. The summed E-state index contributed by atoms with van der Waals surface area (Å²) in [4.78, 5) is 28.8. The Kier molecular flexibility index (Phi) is 5.78. The number of ether oxygens (including phenoxy) is 1. The minimum Gasteiger partial charge on any atom is -0.465 e. The topological polar surface area (TPSA) is 85.5 Å². The van der Waals surface area contributed by atoms with Gasteiger partial charge >= 0.3 is 5.97 Å². The minimum atomic E-state index is -0.562. The van der Waals surface area contributed by atoms with Gasteiger partial charge in [-0.15, -0.1) is 0 Å². The van der Waals surface area contributed by atoms with Crippen LogP contribution in [0.5, 0.6) is 0 Å². The molecule has 0 aliphatic carbocycles. The van der Waals surface area contributed by atoms with Crippen molar-refractivity contribution in [2.45, 2.75) is 20.3 Å². The molecule has 0 aromatic carbocycles. The number of hydrogen-bond acceptors (Lipinski definition) is 5. The maximum atomic E-state index is 11.6. The van der Waals surface area contributed by atoms with E-state index in [-0.39, 0.29) is 12.5 Å². The molecular weight excluding hydrogens is 246 g/mol. The molecule has 6 nitrogen and oxygen atoms in total. The Morgan fingerprint density at radius 2 is 2.16 bits per heavy atom. The molecule has 1 aromatic rings. The van der Waals surface area contributed by atoms with E-state index in [1.165, 1.54) is 0 Å². The largest absolute Gasteiger partial charge is 0.465 e. The number of aromatic nitrogens is 1. The molecule has 0 saturated heterocycles. The first-order valence-electron chi connectivity index (χ1n) is 6.25. The number of nitrogens with two attached hydrogens (primary N) is 1. The molecule has 1 rings (SSSR count). The summed E-state index contributed by atoms with van der Waals surface area (Å²) in [5.74, 6) is -0.491. The molecule has 0 unspecified atom stereocenters. The van der Waals surface area contributed by atoms with Crippen LogP contribution in [0.1, 0.15) is 30.6 Å². The van der Waals surface area contributed by atoms with E-state index in [0.717, 1.165) is 6.42 Å². The zero-order valence-corrected chi connectivity index (χ0v) is 11.3. The zero-order chi connectivity index (χ0) is 14.3. The summed E-state index contributed by atoms with van der Waals surface area (Å²) in [6.07, 6.45) is 2.38. The Bertz CT molecular complexity index is 449. The third-order valence-corrected chi connectivity index (χ3v) is 2.47. The van der Waals surface area contributed by atoms with Crippen molar-refractivity contribution < 1.29 is 14.3 Å². The molecule has 0 fully saturated rings. The first kappa shape index (κ1) is 14.9. The van der Waals surface area contributed by atoms with E-state index in [0.29, 0.717) is 24.5 Å². The third-order valence-electron chi connectivity index (χ3n) is 2.47. The lowest BCUT2D eigenvalue weighted by atomic mass is 10.2. The summed E-state index contributed by atoms with van der Waals surface area (Å²) in [5.41, 5.74) is 5.62. The maximum Gasteiger partial charge on any atom is 0.325 e. The van der Waals surface area contributed by atoms with Crippen molar-refractivity contribution in [3.05, 3.63) is 23.9 Å². The van der Waals surface area contributed by atoms with Crippen LogP contribution in [-0.2, 0) is 9.53 Å². The van der Waals surface area contributed by atoms with Gasteiger partial charge < -0.3 is 15.4 Å². The standard InChI is InChI=1S/C13H19N3O3/c1-3-8-16(9-11(17)19-4-2)13-10(12(14)18)6-5-7-15-13/h5-7H,3-4,8-9H2,1-2H3,(H2,14,18). The number of esters is 1. The van der Waals surface area contributed by atoms with Gasteiger partial charge in [0.05, 0.1) is 12.2 Å². The second kappa shape index (κ2) is 7.35. The minimum absolute atomic E-state index is 0.0545. The van der Waals surface area contributed by atoms with Crippen LogP contribution in [0, 0.1) is 0 Å². The molecule has 0 aliphatic rings. The lowest BCUT2D eigenvalue weighted by Crippen LogP contribution is -2.34. The summed E-state index contributed by atoms with van der Waals surface area (Å²) in [5, 5.41) is 0. The van der Waals surface area contributed by atoms with E-state index in [1.54, 1.807) is 30.2 Å². The van der Waals surface area contributed by atoms with Crippen LogP contribution >= 0.6 is 0 Å². The summed E-state index contributed by atoms with van der Waals surface area (Å²) in [7, 11) is 0. The van der Waals surface area contributed by atoms with Gasteiger partial charge in [-0.3, -0.25) is 9.59 Å². The van der Waals surface area contributed by atoms with Gasteiger partial charge in [0.1, 0.15) is 12.4 Å². The molecule has 0 radical (unpaired) electrons. The fourth-order valence-electron chi connectivity index (χ4n) is 1.73. The Morgan fingerprint density at radius 3 is 2.74 bits per heavy atom. The average Bonchev–Trinajstić information content (AvgIpc) is 2.38. The molecule has 0 atom stereocenters.